The normalized spacial score (nSPS) is 19.2. The Bertz CT molecular complexity index is 1750. The van der Waals surface area contributed by atoms with Crippen molar-refractivity contribution in [1.82, 2.24) is 26.2 Å². The number of hydrogen-bond donors (Lipinski definition) is 4. The molecule has 0 saturated carbocycles. The van der Waals surface area contributed by atoms with Crippen molar-refractivity contribution < 1.29 is 33.4 Å². The minimum atomic E-state index is -0.872. The molecule has 0 aliphatic carbocycles. The summed E-state index contributed by atoms with van der Waals surface area (Å²) >= 11 is 0. The average molecular weight is 754 g/mol. The Morgan fingerprint density at radius 1 is 0.800 bits per heavy atom. The number of amides is 5. The van der Waals surface area contributed by atoms with E-state index in [2.05, 4.69) is 21.3 Å². The summed E-state index contributed by atoms with van der Waals surface area (Å²) in [5, 5.41) is 11.5. The number of alkyl carbamates (subject to hydrolysis) is 2. The van der Waals surface area contributed by atoms with Crippen molar-refractivity contribution in [2.45, 2.75) is 121 Å². The molecule has 2 aliphatic rings. The third-order valence-electron chi connectivity index (χ3n) is 9.98. The highest BCUT2D eigenvalue weighted by Gasteiger charge is 2.45. The fourth-order valence-corrected chi connectivity index (χ4v) is 7.20. The largest absolute Gasteiger partial charge is 0.445 e. The second-order valence-corrected chi connectivity index (χ2v) is 15.3. The molecule has 5 rings (SSSR count). The summed E-state index contributed by atoms with van der Waals surface area (Å²) in [7, 11) is 0. The number of carbonyl (C=O) groups is 5. The number of fused-ring (bicyclic) bond motifs is 1. The van der Waals surface area contributed by atoms with E-state index in [4.69, 9.17) is 9.47 Å². The first-order valence-electron chi connectivity index (χ1n) is 19.4. The van der Waals surface area contributed by atoms with Gasteiger partial charge in [0, 0.05) is 12.6 Å². The maximum Gasteiger partial charge on any atom is 0.408 e. The van der Waals surface area contributed by atoms with Crippen LogP contribution in [0.15, 0.2) is 84.9 Å². The maximum atomic E-state index is 14.2. The summed E-state index contributed by atoms with van der Waals surface area (Å²) < 4.78 is 10.6. The highest BCUT2D eigenvalue weighted by atomic mass is 16.6. The Hall–Kier alpha value is -5.39. The van der Waals surface area contributed by atoms with Crippen LogP contribution in [-0.2, 0) is 36.9 Å². The molecule has 1 unspecified atom stereocenters. The van der Waals surface area contributed by atoms with Gasteiger partial charge in [-0.05, 0) is 94.4 Å². The zero-order valence-corrected chi connectivity index (χ0v) is 32.3. The molecule has 2 saturated heterocycles. The standard InChI is InChI=1S/C43H55N5O7/c1-5-34(46-42(53)55-43(2,3)4)38(49)45-35-20-12-19-33-25-26-36(48(33)40(35)51)39(50)47-37(31-17-10-7-11-18-31)32-23-21-29(22-24-32)16-13-27-44-41(52)54-28-30-14-8-6-9-15-30/h6-11,14-15,17-18,21-24,33-37H,5,12-13,16,19-20,25-28H2,1-4H3,(H,44,52)(H,45,49)(H,46,53)(H,47,50)/t33-,34-,35-,36-,37?/m0/s1. The first-order chi connectivity index (χ1) is 26.4. The molecular weight excluding hydrogens is 699 g/mol. The van der Waals surface area contributed by atoms with Crippen LogP contribution in [0.2, 0.25) is 0 Å². The number of carbonyl (C=O) groups excluding carboxylic acids is 5. The molecule has 3 aromatic rings. The first kappa shape index (κ1) is 40.8. The molecule has 0 spiro atoms. The lowest BCUT2D eigenvalue weighted by atomic mass is 9.96. The van der Waals surface area contributed by atoms with Crippen molar-refractivity contribution in [3.63, 3.8) is 0 Å². The highest BCUT2D eigenvalue weighted by molar-refractivity contribution is 5.94. The molecule has 55 heavy (non-hydrogen) atoms. The Kier molecular flexibility index (Phi) is 14.3. The Morgan fingerprint density at radius 3 is 2.15 bits per heavy atom. The predicted octanol–water partition coefficient (Wildman–Crippen LogP) is 6.08. The number of ether oxygens (including phenoxy) is 2. The van der Waals surface area contributed by atoms with E-state index in [9.17, 15) is 24.0 Å². The minimum absolute atomic E-state index is 0.0957. The molecule has 2 aliphatic heterocycles. The van der Waals surface area contributed by atoms with Crippen molar-refractivity contribution in [2.75, 3.05) is 6.54 Å². The van der Waals surface area contributed by atoms with Crippen LogP contribution >= 0.6 is 0 Å². The molecule has 0 radical (unpaired) electrons. The van der Waals surface area contributed by atoms with Gasteiger partial charge in [0.2, 0.25) is 17.7 Å². The van der Waals surface area contributed by atoms with Crippen LogP contribution in [0.5, 0.6) is 0 Å². The molecule has 294 valence electrons. The molecule has 12 heteroatoms. The lowest BCUT2D eigenvalue weighted by Crippen LogP contribution is -2.57. The van der Waals surface area contributed by atoms with Gasteiger partial charge in [-0.15, -0.1) is 0 Å². The molecule has 12 nitrogen and oxygen atoms in total. The van der Waals surface area contributed by atoms with E-state index in [1.54, 1.807) is 32.6 Å². The Balaban J connectivity index is 1.19. The van der Waals surface area contributed by atoms with Crippen LogP contribution in [-0.4, -0.2) is 71.1 Å². The Morgan fingerprint density at radius 2 is 1.47 bits per heavy atom. The molecule has 3 aromatic carbocycles. The SMILES string of the molecule is CC[C@H](NC(=O)OC(C)(C)C)C(=O)N[C@H]1CCC[C@H]2CC[C@@H](C(=O)NC(c3ccccc3)c3ccc(CCCNC(=O)OCc4ccccc4)cc3)N2C1=O. The van der Waals surface area contributed by atoms with Gasteiger partial charge in [0.05, 0.1) is 6.04 Å². The van der Waals surface area contributed by atoms with Gasteiger partial charge in [-0.1, -0.05) is 91.9 Å². The summed E-state index contributed by atoms with van der Waals surface area (Å²) in [4.78, 5) is 67.8. The molecular formula is C43H55N5O7. The van der Waals surface area contributed by atoms with E-state index in [1.807, 2.05) is 84.9 Å². The van der Waals surface area contributed by atoms with E-state index >= 15 is 0 Å². The summed E-state index contributed by atoms with van der Waals surface area (Å²) in [6, 6.07) is 24.4. The fourth-order valence-electron chi connectivity index (χ4n) is 7.20. The van der Waals surface area contributed by atoms with Crippen molar-refractivity contribution >= 4 is 29.9 Å². The van der Waals surface area contributed by atoms with Gasteiger partial charge >= 0.3 is 12.2 Å². The van der Waals surface area contributed by atoms with Crippen molar-refractivity contribution in [3.05, 3.63) is 107 Å². The van der Waals surface area contributed by atoms with Crippen LogP contribution in [0.25, 0.3) is 0 Å². The molecule has 2 heterocycles. The second kappa shape index (κ2) is 19.3. The predicted molar refractivity (Wildman–Crippen MR) is 209 cm³/mol. The van der Waals surface area contributed by atoms with E-state index in [0.29, 0.717) is 32.2 Å². The summed E-state index contributed by atoms with van der Waals surface area (Å²) in [6.07, 6.45) is 3.76. The van der Waals surface area contributed by atoms with Gasteiger partial charge in [-0.2, -0.15) is 0 Å². The Labute approximate surface area is 324 Å². The van der Waals surface area contributed by atoms with Crippen molar-refractivity contribution in [2.24, 2.45) is 0 Å². The van der Waals surface area contributed by atoms with E-state index < -0.39 is 47.9 Å². The zero-order valence-electron chi connectivity index (χ0n) is 32.3. The molecule has 4 N–H and O–H groups in total. The molecule has 0 bridgehead atoms. The van der Waals surface area contributed by atoms with Gasteiger partial charge in [0.1, 0.15) is 30.3 Å². The van der Waals surface area contributed by atoms with Gasteiger partial charge < -0.3 is 35.6 Å². The molecule has 2 fully saturated rings. The fraction of sp³-hybridized carbons (Fsp3) is 0.465. The number of hydrogen-bond acceptors (Lipinski definition) is 7. The summed E-state index contributed by atoms with van der Waals surface area (Å²) in [6.45, 7) is 7.70. The van der Waals surface area contributed by atoms with E-state index in [-0.39, 0.29) is 24.5 Å². The average Bonchev–Trinajstić information content (AvgIpc) is 3.54. The van der Waals surface area contributed by atoms with E-state index in [1.165, 1.54) is 0 Å². The lowest BCUT2D eigenvalue weighted by molar-refractivity contribution is -0.143. The number of aryl methyl sites for hydroxylation is 1. The van der Waals surface area contributed by atoms with Gasteiger partial charge in [0.15, 0.2) is 0 Å². The molecule has 5 amide bonds. The topological polar surface area (TPSA) is 155 Å². The zero-order chi connectivity index (χ0) is 39.4. The molecule has 5 atom stereocenters. The third kappa shape index (κ3) is 11.8. The minimum Gasteiger partial charge on any atom is -0.445 e. The van der Waals surface area contributed by atoms with Gasteiger partial charge in [-0.3, -0.25) is 14.4 Å². The van der Waals surface area contributed by atoms with Crippen LogP contribution in [0.3, 0.4) is 0 Å². The van der Waals surface area contributed by atoms with Crippen LogP contribution in [0.4, 0.5) is 9.59 Å². The van der Waals surface area contributed by atoms with Crippen molar-refractivity contribution in [1.29, 1.82) is 0 Å². The maximum absolute atomic E-state index is 14.2. The lowest BCUT2D eigenvalue weighted by Gasteiger charge is -2.32. The van der Waals surface area contributed by atoms with Gasteiger partial charge in [0.25, 0.3) is 0 Å². The number of benzene rings is 3. The number of rotatable bonds is 14. The third-order valence-corrected chi connectivity index (χ3v) is 9.98. The first-order valence-corrected chi connectivity index (χ1v) is 19.4. The smallest absolute Gasteiger partial charge is 0.408 e. The quantitative estimate of drug-likeness (QED) is 0.146. The van der Waals surface area contributed by atoms with Crippen LogP contribution < -0.4 is 21.3 Å². The van der Waals surface area contributed by atoms with Gasteiger partial charge in [-0.25, -0.2) is 9.59 Å². The van der Waals surface area contributed by atoms with Crippen LogP contribution in [0.1, 0.15) is 101 Å². The number of nitrogens with zero attached hydrogens (tertiary/aromatic N) is 1. The summed E-state index contributed by atoms with van der Waals surface area (Å²) in [5.74, 6) is -0.986. The number of nitrogens with one attached hydrogen (secondary N) is 4. The van der Waals surface area contributed by atoms with E-state index in [0.717, 1.165) is 47.9 Å². The second-order valence-electron chi connectivity index (χ2n) is 15.3. The van der Waals surface area contributed by atoms with Crippen LogP contribution in [0, 0.1) is 0 Å². The monoisotopic (exact) mass is 753 g/mol. The van der Waals surface area contributed by atoms with Crippen molar-refractivity contribution in [3.8, 4) is 0 Å². The summed E-state index contributed by atoms with van der Waals surface area (Å²) in [5.41, 5.74) is 3.11. The highest BCUT2D eigenvalue weighted by Crippen LogP contribution is 2.33. The molecule has 0 aromatic heterocycles.